The fourth-order valence-corrected chi connectivity index (χ4v) is 3.75. The number of ether oxygens (including phenoxy) is 2. The van der Waals surface area contributed by atoms with Crippen LogP contribution in [-0.2, 0) is 19.3 Å². The van der Waals surface area contributed by atoms with Crippen molar-refractivity contribution in [2.45, 2.75) is 19.3 Å². The van der Waals surface area contributed by atoms with Gasteiger partial charge in [-0.3, -0.25) is 9.69 Å². The predicted octanol–water partition coefficient (Wildman–Crippen LogP) is 5.95. The number of halogens is 3. The molecule has 4 rings (SSSR count). The van der Waals surface area contributed by atoms with Crippen molar-refractivity contribution in [1.82, 2.24) is 4.90 Å². The number of nitrogens with zero attached hydrogens (tertiary/aromatic N) is 1. The monoisotopic (exact) mass is 485 g/mol. The third-order valence-corrected chi connectivity index (χ3v) is 5.36. The summed E-state index contributed by atoms with van der Waals surface area (Å²) < 4.78 is 57.8. The van der Waals surface area contributed by atoms with Gasteiger partial charge >= 0.3 is 6.18 Å². The van der Waals surface area contributed by atoms with Crippen LogP contribution in [0.25, 0.3) is 11.0 Å². The van der Waals surface area contributed by atoms with Gasteiger partial charge in [0.1, 0.15) is 11.3 Å². The molecule has 0 amide bonds. The number of aromatic hydroxyl groups is 1. The van der Waals surface area contributed by atoms with Gasteiger partial charge in [0.05, 0.1) is 18.1 Å². The maximum Gasteiger partial charge on any atom is 0.453 e. The van der Waals surface area contributed by atoms with Crippen molar-refractivity contribution in [3.63, 3.8) is 0 Å². The molecule has 0 radical (unpaired) electrons. The maximum absolute atomic E-state index is 14.0. The van der Waals surface area contributed by atoms with Crippen molar-refractivity contribution < 1.29 is 32.2 Å². The molecule has 0 aliphatic rings. The number of hydrogen-bond acceptors (Lipinski definition) is 6. The van der Waals surface area contributed by atoms with E-state index in [0.29, 0.717) is 6.54 Å². The highest BCUT2D eigenvalue weighted by molar-refractivity contribution is 5.83. The Kier molecular flexibility index (Phi) is 6.70. The second-order valence-electron chi connectivity index (χ2n) is 7.94. The molecule has 182 valence electrons. The number of phenols is 1. The fourth-order valence-electron chi connectivity index (χ4n) is 3.75. The van der Waals surface area contributed by atoms with E-state index in [1.54, 1.807) is 18.0 Å². The van der Waals surface area contributed by atoms with Gasteiger partial charge in [-0.1, -0.05) is 42.5 Å². The zero-order chi connectivity index (χ0) is 25.2. The van der Waals surface area contributed by atoms with E-state index in [4.69, 9.17) is 13.9 Å². The molecule has 0 unspecified atom stereocenters. The Bertz CT molecular complexity index is 1400. The van der Waals surface area contributed by atoms with Crippen LogP contribution in [0.2, 0.25) is 0 Å². The van der Waals surface area contributed by atoms with E-state index < -0.39 is 23.1 Å². The minimum absolute atomic E-state index is 0.0328. The molecule has 1 heterocycles. The molecule has 9 heteroatoms. The lowest BCUT2D eigenvalue weighted by Gasteiger charge is -2.20. The number of methoxy groups -OCH3 is 1. The van der Waals surface area contributed by atoms with Gasteiger partial charge in [0.15, 0.2) is 11.5 Å². The van der Waals surface area contributed by atoms with Gasteiger partial charge in [-0.25, -0.2) is 0 Å². The molecule has 35 heavy (non-hydrogen) atoms. The quantitative estimate of drug-likeness (QED) is 0.349. The van der Waals surface area contributed by atoms with Gasteiger partial charge in [-0.2, -0.15) is 13.2 Å². The summed E-state index contributed by atoms with van der Waals surface area (Å²) in [7, 11) is 3.07. The standard InChI is InChI=1S/C26H22F3NO5/c1-30(14-16-8-4-3-5-9-16)15-18-19(31)13-12-17-22(32)24(25(26(27,28)29)35-23(17)18)34-21-11-7-6-10-20(21)33-2/h3-13,31H,14-15H2,1-2H3. The van der Waals surface area contributed by atoms with Gasteiger partial charge < -0.3 is 19.0 Å². The molecular formula is C26H22F3NO5. The normalized spacial score (nSPS) is 11.7. The smallest absolute Gasteiger partial charge is 0.453 e. The number of hydrogen-bond donors (Lipinski definition) is 1. The summed E-state index contributed by atoms with van der Waals surface area (Å²) >= 11 is 0. The summed E-state index contributed by atoms with van der Waals surface area (Å²) in [5.74, 6) is -2.82. The minimum atomic E-state index is -5.04. The molecule has 0 spiro atoms. The lowest BCUT2D eigenvalue weighted by Crippen LogP contribution is -2.19. The van der Waals surface area contributed by atoms with E-state index >= 15 is 0 Å². The molecule has 0 bridgehead atoms. The molecule has 4 aromatic rings. The van der Waals surface area contributed by atoms with Crippen LogP contribution in [0.3, 0.4) is 0 Å². The fraction of sp³-hybridized carbons (Fsp3) is 0.192. The first-order valence-electron chi connectivity index (χ1n) is 10.6. The van der Waals surface area contributed by atoms with Gasteiger partial charge in [0.2, 0.25) is 11.2 Å². The number of benzene rings is 3. The first-order chi connectivity index (χ1) is 16.7. The Balaban J connectivity index is 1.83. The Morgan fingerprint density at radius 3 is 2.26 bits per heavy atom. The maximum atomic E-state index is 14.0. The Morgan fingerprint density at radius 2 is 1.60 bits per heavy atom. The number of alkyl halides is 3. The van der Waals surface area contributed by atoms with Crippen LogP contribution in [0, 0.1) is 0 Å². The van der Waals surface area contributed by atoms with E-state index in [1.165, 1.54) is 37.4 Å². The topological polar surface area (TPSA) is 72.1 Å². The van der Waals surface area contributed by atoms with Gasteiger partial charge in [0.25, 0.3) is 5.76 Å². The van der Waals surface area contributed by atoms with E-state index in [1.807, 2.05) is 30.3 Å². The molecular weight excluding hydrogens is 463 g/mol. The number of para-hydroxylation sites is 2. The first-order valence-corrected chi connectivity index (χ1v) is 10.6. The Labute approximate surface area is 198 Å². The molecule has 3 aromatic carbocycles. The van der Waals surface area contributed by atoms with Crippen LogP contribution in [0.1, 0.15) is 16.9 Å². The molecule has 0 saturated carbocycles. The summed E-state index contributed by atoms with van der Waals surface area (Å²) in [5.41, 5.74) is -0.335. The highest BCUT2D eigenvalue weighted by Crippen LogP contribution is 2.41. The molecule has 0 fully saturated rings. The summed E-state index contributed by atoms with van der Waals surface area (Å²) in [6.07, 6.45) is -5.04. The van der Waals surface area contributed by atoms with Crippen molar-refractivity contribution in [2.24, 2.45) is 0 Å². The zero-order valence-electron chi connectivity index (χ0n) is 18.9. The molecule has 1 aromatic heterocycles. The average molecular weight is 485 g/mol. The third-order valence-electron chi connectivity index (χ3n) is 5.36. The van der Waals surface area contributed by atoms with E-state index in [0.717, 1.165) is 5.56 Å². The third kappa shape index (κ3) is 5.09. The SMILES string of the molecule is COc1ccccc1Oc1c(C(F)(F)F)oc2c(CN(C)Cc3ccccc3)c(O)ccc2c1=O. The highest BCUT2D eigenvalue weighted by atomic mass is 19.4. The van der Waals surface area contributed by atoms with Crippen LogP contribution in [-0.4, -0.2) is 24.2 Å². The van der Waals surface area contributed by atoms with Crippen molar-refractivity contribution in [3.8, 4) is 23.0 Å². The second-order valence-corrected chi connectivity index (χ2v) is 7.94. The number of rotatable bonds is 7. The average Bonchev–Trinajstić information content (AvgIpc) is 2.82. The van der Waals surface area contributed by atoms with Gasteiger partial charge in [-0.05, 0) is 36.9 Å². The lowest BCUT2D eigenvalue weighted by molar-refractivity contribution is -0.154. The molecule has 0 saturated heterocycles. The minimum Gasteiger partial charge on any atom is -0.507 e. The summed E-state index contributed by atoms with van der Waals surface area (Å²) in [4.78, 5) is 15.0. The summed E-state index contributed by atoms with van der Waals surface area (Å²) in [6, 6.07) is 17.9. The van der Waals surface area contributed by atoms with Crippen molar-refractivity contribution in [2.75, 3.05) is 14.2 Å². The van der Waals surface area contributed by atoms with Crippen molar-refractivity contribution in [1.29, 1.82) is 0 Å². The molecule has 0 atom stereocenters. The van der Waals surface area contributed by atoms with Crippen LogP contribution >= 0.6 is 0 Å². The number of fused-ring (bicyclic) bond motifs is 1. The Hall–Kier alpha value is -3.98. The van der Waals surface area contributed by atoms with Crippen molar-refractivity contribution >= 4 is 11.0 Å². The van der Waals surface area contributed by atoms with Crippen molar-refractivity contribution in [3.05, 3.63) is 93.8 Å². The molecule has 0 aliphatic heterocycles. The lowest BCUT2D eigenvalue weighted by atomic mass is 10.1. The Morgan fingerprint density at radius 1 is 0.943 bits per heavy atom. The molecule has 1 N–H and O–H groups in total. The predicted molar refractivity (Wildman–Crippen MR) is 124 cm³/mol. The van der Waals surface area contributed by atoms with Gasteiger partial charge in [-0.15, -0.1) is 0 Å². The van der Waals surface area contributed by atoms with Gasteiger partial charge in [0, 0.05) is 13.1 Å². The molecule has 6 nitrogen and oxygen atoms in total. The summed E-state index contributed by atoms with van der Waals surface area (Å²) in [6.45, 7) is 0.493. The zero-order valence-corrected chi connectivity index (χ0v) is 18.9. The van der Waals surface area contributed by atoms with Crippen LogP contribution in [0.4, 0.5) is 13.2 Å². The largest absolute Gasteiger partial charge is 0.507 e. The highest BCUT2D eigenvalue weighted by Gasteiger charge is 2.41. The summed E-state index contributed by atoms with van der Waals surface area (Å²) in [5, 5.41) is 10.3. The first kappa shape index (κ1) is 24.2. The van der Waals surface area contributed by atoms with Crippen LogP contribution in [0.5, 0.6) is 23.0 Å². The van der Waals surface area contributed by atoms with Crippen LogP contribution < -0.4 is 14.9 Å². The molecule has 0 aliphatic carbocycles. The number of phenolic OH excluding ortho intramolecular Hbond substituents is 1. The van der Waals surface area contributed by atoms with E-state index in [9.17, 15) is 23.1 Å². The van der Waals surface area contributed by atoms with Crippen LogP contribution in [0.15, 0.2) is 75.9 Å². The van der Waals surface area contributed by atoms with E-state index in [2.05, 4.69) is 0 Å². The van der Waals surface area contributed by atoms with E-state index in [-0.39, 0.29) is 40.3 Å². The second kappa shape index (κ2) is 9.71.